The highest BCUT2D eigenvalue weighted by Gasteiger charge is 2.44. The van der Waals surface area contributed by atoms with Crippen LogP contribution < -0.4 is 5.32 Å². The molecule has 0 radical (unpaired) electrons. The second-order valence-corrected chi connectivity index (χ2v) is 4.78. The van der Waals surface area contributed by atoms with Crippen LogP contribution in [0.15, 0.2) is 12.2 Å². The van der Waals surface area contributed by atoms with Crippen LogP contribution in [0.3, 0.4) is 0 Å². The highest BCUT2D eigenvalue weighted by Crippen LogP contribution is 2.36. The molecule has 0 aliphatic carbocycles. The number of nitriles is 1. The number of aliphatic hydroxyl groups is 1. The lowest BCUT2D eigenvalue weighted by Crippen LogP contribution is -2.62. The van der Waals surface area contributed by atoms with E-state index >= 15 is 0 Å². The minimum absolute atomic E-state index is 0.244. The molecule has 0 amide bonds. The summed E-state index contributed by atoms with van der Waals surface area (Å²) in [6, 6.07) is 2.15. The Morgan fingerprint density at radius 2 is 2.27 bits per heavy atom. The van der Waals surface area contributed by atoms with Gasteiger partial charge in [-0.3, -0.25) is 5.32 Å². The zero-order valence-corrected chi connectivity index (χ0v) is 9.80. The first-order valence-corrected chi connectivity index (χ1v) is 5.45. The molecule has 3 nitrogen and oxygen atoms in total. The summed E-state index contributed by atoms with van der Waals surface area (Å²) in [5.41, 5.74) is -0.273. The molecule has 84 valence electrons. The third kappa shape index (κ3) is 2.22. The third-order valence-electron chi connectivity index (χ3n) is 3.50. The van der Waals surface area contributed by atoms with Gasteiger partial charge in [0.2, 0.25) is 0 Å². The Balaban J connectivity index is 2.87. The summed E-state index contributed by atoms with van der Waals surface area (Å²) in [7, 11) is 0. The van der Waals surface area contributed by atoms with Crippen LogP contribution in [0.25, 0.3) is 0 Å². The van der Waals surface area contributed by atoms with Gasteiger partial charge in [-0.25, -0.2) is 0 Å². The van der Waals surface area contributed by atoms with Crippen molar-refractivity contribution in [3.63, 3.8) is 0 Å². The predicted octanol–water partition coefficient (Wildman–Crippen LogP) is 1.94. The lowest BCUT2D eigenvalue weighted by atomic mass is 9.76. The van der Waals surface area contributed by atoms with Crippen LogP contribution >= 0.6 is 0 Å². The fraction of sp³-hybridized carbons (Fsp3) is 0.750. The molecule has 1 rings (SSSR count). The summed E-state index contributed by atoms with van der Waals surface area (Å²) in [5, 5.41) is 22.2. The van der Waals surface area contributed by atoms with E-state index < -0.39 is 5.72 Å². The van der Waals surface area contributed by atoms with Crippen molar-refractivity contribution in [2.45, 2.75) is 51.3 Å². The van der Waals surface area contributed by atoms with Crippen molar-refractivity contribution in [1.82, 2.24) is 5.32 Å². The lowest BCUT2D eigenvalue weighted by molar-refractivity contribution is -0.0609. The SMILES string of the molecule is C=C(CC)C1(C)CC[C@H](C#N)[C@@](C)(O)N1. The molecule has 1 fully saturated rings. The van der Waals surface area contributed by atoms with E-state index in [0.29, 0.717) is 6.42 Å². The molecule has 1 aliphatic rings. The van der Waals surface area contributed by atoms with Crippen LogP contribution in [-0.2, 0) is 0 Å². The Labute approximate surface area is 91.8 Å². The van der Waals surface area contributed by atoms with Gasteiger partial charge in [0.05, 0.1) is 12.0 Å². The van der Waals surface area contributed by atoms with Gasteiger partial charge >= 0.3 is 0 Å². The van der Waals surface area contributed by atoms with Crippen molar-refractivity contribution in [1.29, 1.82) is 5.26 Å². The van der Waals surface area contributed by atoms with Crippen LogP contribution in [0, 0.1) is 17.2 Å². The number of nitrogens with zero attached hydrogens (tertiary/aromatic N) is 1. The topological polar surface area (TPSA) is 56.0 Å². The Morgan fingerprint density at radius 1 is 1.67 bits per heavy atom. The zero-order chi connectivity index (χ0) is 11.7. The number of nitrogens with one attached hydrogen (secondary N) is 1. The minimum Gasteiger partial charge on any atom is -0.375 e. The van der Waals surface area contributed by atoms with Crippen LogP contribution in [0.5, 0.6) is 0 Å². The summed E-state index contributed by atoms with van der Waals surface area (Å²) in [4.78, 5) is 0. The number of hydrogen-bond donors (Lipinski definition) is 2. The molecule has 0 saturated carbocycles. The van der Waals surface area contributed by atoms with Gasteiger partial charge in [-0.2, -0.15) is 5.26 Å². The summed E-state index contributed by atoms with van der Waals surface area (Å²) >= 11 is 0. The quantitative estimate of drug-likeness (QED) is 0.682. The van der Waals surface area contributed by atoms with E-state index in [-0.39, 0.29) is 11.5 Å². The van der Waals surface area contributed by atoms with Gasteiger partial charge in [-0.05, 0) is 33.1 Å². The molecule has 1 heterocycles. The first-order valence-electron chi connectivity index (χ1n) is 5.45. The minimum atomic E-state index is -1.11. The largest absolute Gasteiger partial charge is 0.375 e. The van der Waals surface area contributed by atoms with Gasteiger partial charge in [0.1, 0.15) is 5.72 Å². The predicted molar refractivity (Wildman–Crippen MR) is 59.9 cm³/mol. The summed E-state index contributed by atoms with van der Waals surface area (Å²) in [6.07, 6.45) is 2.46. The highest BCUT2D eigenvalue weighted by molar-refractivity contribution is 5.19. The Morgan fingerprint density at radius 3 is 2.67 bits per heavy atom. The average molecular weight is 208 g/mol. The molecule has 15 heavy (non-hydrogen) atoms. The van der Waals surface area contributed by atoms with E-state index in [2.05, 4.69) is 24.9 Å². The number of rotatable bonds is 2. The average Bonchev–Trinajstić information content (AvgIpc) is 2.15. The van der Waals surface area contributed by atoms with Crippen molar-refractivity contribution in [2.24, 2.45) is 5.92 Å². The summed E-state index contributed by atoms with van der Waals surface area (Å²) in [6.45, 7) is 9.79. The second-order valence-electron chi connectivity index (χ2n) is 4.78. The first-order chi connectivity index (χ1) is 6.85. The van der Waals surface area contributed by atoms with Crippen molar-refractivity contribution in [3.8, 4) is 6.07 Å². The molecular formula is C12H20N2O. The van der Waals surface area contributed by atoms with Gasteiger partial charge in [-0.1, -0.05) is 19.1 Å². The van der Waals surface area contributed by atoms with E-state index in [9.17, 15) is 5.11 Å². The van der Waals surface area contributed by atoms with E-state index in [1.54, 1.807) is 6.92 Å². The molecule has 1 unspecified atom stereocenters. The normalized spacial score (nSPS) is 40.9. The lowest BCUT2D eigenvalue weighted by Gasteiger charge is -2.46. The molecule has 0 spiro atoms. The summed E-state index contributed by atoms with van der Waals surface area (Å²) < 4.78 is 0. The molecule has 2 N–H and O–H groups in total. The molecule has 0 aromatic carbocycles. The van der Waals surface area contributed by atoms with Crippen LogP contribution in [0.4, 0.5) is 0 Å². The van der Waals surface area contributed by atoms with Crippen molar-refractivity contribution >= 4 is 0 Å². The third-order valence-corrected chi connectivity index (χ3v) is 3.50. The van der Waals surface area contributed by atoms with Gasteiger partial charge in [0, 0.05) is 5.54 Å². The molecule has 0 bridgehead atoms. The van der Waals surface area contributed by atoms with Gasteiger partial charge < -0.3 is 5.11 Å². The molecule has 3 atom stereocenters. The standard InChI is InChI=1S/C12H20N2O/c1-5-9(2)11(3)7-6-10(8-13)12(4,15)14-11/h10,14-15H,2,5-7H2,1,3-4H3/t10-,11?,12-/m1/s1. The molecule has 0 aromatic rings. The smallest absolute Gasteiger partial charge is 0.129 e. The van der Waals surface area contributed by atoms with Crippen molar-refractivity contribution in [2.75, 3.05) is 0 Å². The van der Waals surface area contributed by atoms with E-state index in [1.807, 2.05) is 6.92 Å². The van der Waals surface area contributed by atoms with Crippen molar-refractivity contribution < 1.29 is 5.11 Å². The number of hydrogen-bond acceptors (Lipinski definition) is 3. The van der Waals surface area contributed by atoms with E-state index in [0.717, 1.165) is 18.4 Å². The Bertz CT molecular complexity index is 303. The fourth-order valence-corrected chi connectivity index (χ4v) is 2.27. The summed E-state index contributed by atoms with van der Waals surface area (Å²) in [5.74, 6) is -0.338. The fourth-order valence-electron chi connectivity index (χ4n) is 2.27. The Kier molecular flexibility index (Phi) is 3.22. The van der Waals surface area contributed by atoms with E-state index in [1.165, 1.54) is 0 Å². The zero-order valence-electron chi connectivity index (χ0n) is 9.80. The highest BCUT2D eigenvalue weighted by atomic mass is 16.3. The monoisotopic (exact) mass is 208 g/mol. The maximum absolute atomic E-state index is 10.1. The van der Waals surface area contributed by atoms with Crippen LogP contribution in [0.2, 0.25) is 0 Å². The maximum atomic E-state index is 10.1. The van der Waals surface area contributed by atoms with E-state index in [4.69, 9.17) is 5.26 Å². The van der Waals surface area contributed by atoms with Gasteiger partial charge in [0.15, 0.2) is 0 Å². The molecular weight excluding hydrogens is 188 g/mol. The molecule has 3 heteroatoms. The van der Waals surface area contributed by atoms with Crippen molar-refractivity contribution in [3.05, 3.63) is 12.2 Å². The van der Waals surface area contributed by atoms with Crippen LogP contribution in [-0.4, -0.2) is 16.4 Å². The van der Waals surface area contributed by atoms with Crippen LogP contribution in [0.1, 0.15) is 40.0 Å². The number of piperidine rings is 1. The second kappa shape index (κ2) is 3.96. The van der Waals surface area contributed by atoms with Gasteiger partial charge in [0.25, 0.3) is 0 Å². The molecule has 1 saturated heterocycles. The molecule has 1 aliphatic heterocycles. The maximum Gasteiger partial charge on any atom is 0.129 e. The Hall–Kier alpha value is -0.850. The first kappa shape index (κ1) is 12.2. The van der Waals surface area contributed by atoms with Gasteiger partial charge in [-0.15, -0.1) is 0 Å². The molecule has 0 aromatic heterocycles.